The Bertz CT molecular complexity index is 985. The summed E-state index contributed by atoms with van der Waals surface area (Å²) in [7, 11) is -4.26. The van der Waals surface area contributed by atoms with Crippen molar-refractivity contribution >= 4 is 10.0 Å². The summed E-state index contributed by atoms with van der Waals surface area (Å²) in [5.41, 5.74) is -2.01. The third-order valence-corrected chi connectivity index (χ3v) is 4.64. The zero-order chi connectivity index (χ0) is 20.3. The second-order valence-electron chi connectivity index (χ2n) is 5.23. The highest BCUT2D eigenvalue weighted by molar-refractivity contribution is 7.89. The molecule has 0 aliphatic heterocycles. The van der Waals surface area contributed by atoms with Crippen LogP contribution in [0.5, 0.6) is 0 Å². The van der Waals surface area contributed by atoms with Crippen LogP contribution < -0.4 is 4.72 Å². The monoisotopic (exact) mass is 407 g/mol. The average molecular weight is 407 g/mol. The molecule has 0 bridgehead atoms. The molecule has 27 heavy (non-hydrogen) atoms. The van der Waals surface area contributed by atoms with Crippen LogP contribution in [0.25, 0.3) is 0 Å². The maximum Gasteiger partial charge on any atom is 0.416 e. The molecule has 2 aromatic rings. The van der Waals surface area contributed by atoms with E-state index in [0.29, 0.717) is 6.07 Å². The topological polar surface area (TPSA) is 46.2 Å². The van der Waals surface area contributed by atoms with E-state index >= 15 is 0 Å². The largest absolute Gasteiger partial charge is 0.416 e. The van der Waals surface area contributed by atoms with Gasteiger partial charge in [0.15, 0.2) is 0 Å². The van der Waals surface area contributed by atoms with Gasteiger partial charge < -0.3 is 0 Å². The van der Waals surface area contributed by atoms with Crippen LogP contribution in [0.15, 0.2) is 53.4 Å². The Morgan fingerprint density at radius 1 is 0.852 bits per heavy atom. The van der Waals surface area contributed by atoms with E-state index in [4.69, 9.17) is 0 Å². The van der Waals surface area contributed by atoms with Gasteiger partial charge in [0.2, 0.25) is 10.0 Å². The van der Waals surface area contributed by atoms with E-state index in [2.05, 4.69) is 11.8 Å². The molecular formula is C17H11F6NO2S. The van der Waals surface area contributed by atoms with E-state index < -0.39 is 44.9 Å². The van der Waals surface area contributed by atoms with Crippen molar-refractivity contribution in [3.05, 3.63) is 65.2 Å². The molecule has 0 radical (unpaired) electrons. The minimum absolute atomic E-state index is 0.0168. The second kappa shape index (κ2) is 7.62. The molecule has 0 heterocycles. The summed E-state index contributed by atoms with van der Waals surface area (Å²) in [6.07, 6.45) is -9.24. The minimum atomic E-state index is -4.70. The van der Waals surface area contributed by atoms with Gasteiger partial charge in [-0.25, -0.2) is 8.42 Å². The molecule has 2 aromatic carbocycles. The summed E-state index contributed by atoms with van der Waals surface area (Å²) < 4.78 is 102. The molecule has 2 rings (SSSR count). The van der Waals surface area contributed by atoms with Crippen LogP contribution in [0, 0.1) is 11.8 Å². The van der Waals surface area contributed by atoms with E-state index in [1.807, 2.05) is 4.72 Å². The van der Waals surface area contributed by atoms with Crippen LogP contribution in [0.2, 0.25) is 0 Å². The number of benzene rings is 2. The lowest BCUT2D eigenvalue weighted by Crippen LogP contribution is -2.24. The minimum Gasteiger partial charge on any atom is -0.207 e. The van der Waals surface area contributed by atoms with E-state index in [0.717, 1.165) is 36.4 Å². The van der Waals surface area contributed by atoms with Gasteiger partial charge in [0.05, 0.1) is 22.6 Å². The number of hydrogen-bond donors (Lipinski definition) is 1. The highest BCUT2D eigenvalue weighted by Crippen LogP contribution is 2.30. The molecule has 10 heteroatoms. The quantitative estimate of drug-likeness (QED) is 0.616. The van der Waals surface area contributed by atoms with Crippen molar-refractivity contribution in [2.24, 2.45) is 0 Å². The van der Waals surface area contributed by atoms with Gasteiger partial charge in [-0.1, -0.05) is 24.0 Å². The number of alkyl halides is 6. The normalized spacial score (nSPS) is 12.4. The maximum atomic E-state index is 12.6. The first kappa shape index (κ1) is 20.8. The summed E-state index contributed by atoms with van der Waals surface area (Å²) in [5, 5.41) is 0. The fourth-order valence-electron chi connectivity index (χ4n) is 1.97. The van der Waals surface area contributed by atoms with Crippen molar-refractivity contribution in [2.45, 2.75) is 17.2 Å². The van der Waals surface area contributed by atoms with Gasteiger partial charge >= 0.3 is 12.4 Å². The zero-order valence-corrected chi connectivity index (χ0v) is 14.1. The standard InChI is InChI=1S/C17H11F6NO2S/c18-16(19,20)13-6-1-4-12(10-13)5-3-9-24-27(25,26)15-8-2-7-14(11-15)17(21,22)23/h1-2,4,6-8,10-11,24H,9H2. The van der Waals surface area contributed by atoms with Crippen molar-refractivity contribution in [3.63, 3.8) is 0 Å². The predicted molar refractivity (Wildman–Crippen MR) is 85.0 cm³/mol. The van der Waals surface area contributed by atoms with Gasteiger partial charge in [0, 0.05) is 5.56 Å². The molecule has 0 unspecified atom stereocenters. The molecular weight excluding hydrogens is 396 g/mol. The third kappa shape index (κ3) is 5.74. The van der Waals surface area contributed by atoms with Crippen molar-refractivity contribution < 1.29 is 34.8 Å². The van der Waals surface area contributed by atoms with Gasteiger partial charge in [-0.2, -0.15) is 31.1 Å². The van der Waals surface area contributed by atoms with Crippen LogP contribution in [-0.4, -0.2) is 15.0 Å². The van der Waals surface area contributed by atoms with Crippen LogP contribution in [0.1, 0.15) is 16.7 Å². The first-order chi connectivity index (χ1) is 12.4. The molecule has 0 spiro atoms. The number of nitrogens with one attached hydrogen (secondary N) is 1. The zero-order valence-electron chi connectivity index (χ0n) is 13.3. The lowest BCUT2D eigenvalue weighted by atomic mass is 10.1. The lowest BCUT2D eigenvalue weighted by molar-refractivity contribution is -0.138. The number of sulfonamides is 1. The Balaban J connectivity index is 2.11. The third-order valence-electron chi connectivity index (χ3n) is 3.24. The van der Waals surface area contributed by atoms with E-state index in [1.165, 1.54) is 6.07 Å². The Labute approximate surface area is 151 Å². The highest BCUT2D eigenvalue weighted by atomic mass is 32.2. The summed E-state index contributed by atoms with van der Waals surface area (Å²) in [6, 6.07) is 7.26. The van der Waals surface area contributed by atoms with Crippen LogP contribution >= 0.6 is 0 Å². The molecule has 1 N–H and O–H groups in total. The summed E-state index contributed by atoms with van der Waals surface area (Å²) in [5.74, 6) is 4.68. The van der Waals surface area contributed by atoms with E-state index in [1.54, 1.807) is 0 Å². The molecule has 144 valence electrons. The van der Waals surface area contributed by atoms with Crippen molar-refractivity contribution in [2.75, 3.05) is 6.54 Å². The molecule has 0 aliphatic rings. The second-order valence-corrected chi connectivity index (χ2v) is 7.00. The molecule has 0 aromatic heterocycles. The first-order valence-electron chi connectivity index (χ1n) is 7.23. The molecule has 0 fully saturated rings. The fraction of sp³-hybridized carbons (Fsp3) is 0.176. The van der Waals surface area contributed by atoms with Gasteiger partial charge in [-0.3, -0.25) is 0 Å². The molecule has 0 saturated heterocycles. The number of hydrogen-bond acceptors (Lipinski definition) is 2. The summed E-state index contributed by atoms with van der Waals surface area (Å²) in [4.78, 5) is -0.599. The van der Waals surface area contributed by atoms with Gasteiger partial charge in [0.1, 0.15) is 0 Å². The highest BCUT2D eigenvalue weighted by Gasteiger charge is 2.32. The van der Waals surface area contributed by atoms with E-state index in [-0.39, 0.29) is 5.56 Å². The average Bonchev–Trinajstić information content (AvgIpc) is 2.58. The van der Waals surface area contributed by atoms with Crippen LogP contribution in [-0.2, 0) is 22.4 Å². The Kier molecular flexibility index (Phi) is 5.87. The number of rotatable bonds is 3. The predicted octanol–water partition coefficient (Wildman–Crippen LogP) is 4.05. The molecule has 0 aliphatic carbocycles. The lowest BCUT2D eigenvalue weighted by Gasteiger charge is -2.09. The summed E-state index contributed by atoms with van der Waals surface area (Å²) >= 11 is 0. The van der Waals surface area contributed by atoms with Gasteiger partial charge in [0.25, 0.3) is 0 Å². The smallest absolute Gasteiger partial charge is 0.207 e. The fourth-order valence-corrected chi connectivity index (χ4v) is 2.94. The molecule has 3 nitrogen and oxygen atoms in total. The molecule has 0 atom stereocenters. The van der Waals surface area contributed by atoms with E-state index in [9.17, 15) is 34.8 Å². The van der Waals surface area contributed by atoms with Crippen LogP contribution in [0.4, 0.5) is 26.3 Å². The number of halogens is 6. The summed E-state index contributed by atoms with van der Waals surface area (Å²) in [6.45, 7) is -0.491. The van der Waals surface area contributed by atoms with Gasteiger partial charge in [-0.05, 0) is 36.4 Å². The first-order valence-corrected chi connectivity index (χ1v) is 8.71. The molecule has 0 saturated carbocycles. The Hall–Kier alpha value is -2.51. The van der Waals surface area contributed by atoms with Crippen LogP contribution in [0.3, 0.4) is 0 Å². The molecule has 0 amide bonds. The van der Waals surface area contributed by atoms with Crippen molar-refractivity contribution in [1.82, 2.24) is 4.72 Å². The van der Waals surface area contributed by atoms with Crippen molar-refractivity contribution in [3.8, 4) is 11.8 Å². The van der Waals surface area contributed by atoms with Crippen molar-refractivity contribution in [1.29, 1.82) is 0 Å². The SMILES string of the molecule is O=S(=O)(NCC#Cc1cccc(C(F)(F)F)c1)c1cccc(C(F)(F)F)c1. The maximum absolute atomic E-state index is 12.6. The van der Waals surface area contributed by atoms with Gasteiger partial charge in [-0.15, -0.1) is 0 Å². The Morgan fingerprint density at radius 3 is 2.00 bits per heavy atom. The Morgan fingerprint density at radius 2 is 1.41 bits per heavy atom.